The van der Waals surface area contributed by atoms with Crippen LogP contribution in [0.25, 0.3) is 0 Å². The van der Waals surface area contributed by atoms with Gasteiger partial charge in [-0.1, -0.05) is 6.07 Å². The largest absolute Gasteiger partial charge is 0.545 e. The van der Waals surface area contributed by atoms with Gasteiger partial charge in [0, 0.05) is 11.4 Å². The summed E-state index contributed by atoms with van der Waals surface area (Å²) in [5.74, 6) is -1.47. The van der Waals surface area contributed by atoms with Gasteiger partial charge in [0.05, 0.1) is 11.7 Å². The molecule has 0 aliphatic rings. The number of rotatable bonds is 2. The van der Waals surface area contributed by atoms with E-state index in [0.717, 1.165) is 0 Å². The second-order valence-electron chi connectivity index (χ2n) is 2.66. The number of amides is 1. The average Bonchev–Trinajstić information content (AvgIpc) is 2.07. The van der Waals surface area contributed by atoms with Gasteiger partial charge < -0.3 is 15.2 Å². The molecule has 0 saturated carbocycles. The van der Waals surface area contributed by atoms with Crippen LogP contribution in [0.15, 0.2) is 22.7 Å². The molecule has 0 atom stereocenters. The molecule has 0 aliphatic heterocycles. The van der Waals surface area contributed by atoms with Crippen molar-refractivity contribution in [3.63, 3.8) is 0 Å². The van der Waals surface area contributed by atoms with Crippen molar-refractivity contribution < 1.29 is 14.7 Å². The van der Waals surface area contributed by atoms with E-state index in [9.17, 15) is 14.7 Å². The number of anilines is 1. The van der Waals surface area contributed by atoms with Gasteiger partial charge in [0.15, 0.2) is 0 Å². The molecule has 0 unspecified atom stereocenters. The third-order valence-electron chi connectivity index (χ3n) is 1.52. The van der Waals surface area contributed by atoms with Crippen molar-refractivity contribution in [2.24, 2.45) is 0 Å². The maximum Gasteiger partial charge on any atom is 0.221 e. The van der Waals surface area contributed by atoms with Crippen LogP contribution in [0, 0.1) is 0 Å². The summed E-state index contributed by atoms with van der Waals surface area (Å²) in [5, 5.41) is 13.0. The summed E-state index contributed by atoms with van der Waals surface area (Å²) in [6.07, 6.45) is 0. The topological polar surface area (TPSA) is 69.2 Å². The number of halogens is 1. The van der Waals surface area contributed by atoms with Gasteiger partial charge in [-0.25, -0.2) is 0 Å². The van der Waals surface area contributed by atoms with Crippen molar-refractivity contribution in [3.05, 3.63) is 28.2 Å². The normalized spacial score (nSPS) is 9.57. The molecular formula is C9H7BrNO3-. The zero-order valence-electron chi connectivity index (χ0n) is 7.33. The number of carbonyl (C=O) groups is 2. The maximum atomic E-state index is 10.7. The zero-order valence-corrected chi connectivity index (χ0v) is 8.92. The van der Waals surface area contributed by atoms with E-state index < -0.39 is 5.97 Å². The second-order valence-corrected chi connectivity index (χ2v) is 3.52. The van der Waals surface area contributed by atoms with E-state index in [2.05, 4.69) is 21.2 Å². The highest BCUT2D eigenvalue weighted by atomic mass is 79.9. The minimum Gasteiger partial charge on any atom is -0.545 e. The molecule has 1 rings (SSSR count). The monoisotopic (exact) mass is 256 g/mol. The van der Waals surface area contributed by atoms with E-state index in [1.165, 1.54) is 25.1 Å². The third-order valence-corrected chi connectivity index (χ3v) is 2.17. The molecule has 5 heteroatoms. The number of aromatic carboxylic acids is 1. The molecule has 14 heavy (non-hydrogen) atoms. The fraction of sp³-hybridized carbons (Fsp3) is 0.111. The van der Waals surface area contributed by atoms with Gasteiger partial charge in [-0.3, -0.25) is 4.79 Å². The van der Waals surface area contributed by atoms with Gasteiger partial charge >= 0.3 is 0 Å². The summed E-state index contributed by atoms with van der Waals surface area (Å²) < 4.78 is 0.509. The number of hydrogen-bond acceptors (Lipinski definition) is 3. The predicted molar refractivity (Wildman–Crippen MR) is 52.8 cm³/mol. The van der Waals surface area contributed by atoms with Crippen molar-refractivity contribution in [2.45, 2.75) is 6.92 Å². The summed E-state index contributed by atoms with van der Waals surface area (Å²) in [5.41, 5.74) is 0.591. The molecular weight excluding hydrogens is 250 g/mol. The zero-order chi connectivity index (χ0) is 10.7. The Morgan fingerprint density at radius 1 is 1.43 bits per heavy atom. The van der Waals surface area contributed by atoms with Crippen LogP contribution in [0.1, 0.15) is 17.3 Å². The molecule has 0 aliphatic carbocycles. The maximum absolute atomic E-state index is 10.7. The summed E-state index contributed by atoms with van der Waals surface area (Å²) in [6, 6.07) is 4.24. The quantitative estimate of drug-likeness (QED) is 0.850. The van der Waals surface area contributed by atoms with Crippen molar-refractivity contribution in [1.82, 2.24) is 0 Å². The summed E-state index contributed by atoms with van der Waals surface area (Å²) in [7, 11) is 0. The van der Waals surface area contributed by atoms with Crippen LogP contribution in [0.5, 0.6) is 0 Å². The molecule has 0 spiro atoms. The van der Waals surface area contributed by atoms with Gasteiger partial charge in [-0.15, -0.1) is 0 Å². The molecule has 1 N–H and O–H groups in total. The number of carboxylic acids is 1. The Hall–Kier alpha value is -1.36. The van der Waals surface area contributed by atoms with Crippen LogP contribution in [-0.2, 0) is 4.79 Å². The lowest BCUT2D eigenvalue weighted by molar-refractivity contribution is -0.255. The molecule has 0 bridgehead atoms. The highest BCUT2D eigenvalue weighted by molar-refractivity contribution is 9.10. The van der Waals surface area contributed by atoms with Crippen LogP contribution < -0.4 is 10.4 Å². The van der Waals surface area contributed by atoms with E-state index in [1.807, 2.05) is 0 Å². The fourth-order valence-electron chi connectivity index (χ4n) is 0.933. The highest BCUT2D eigenvalue weighted by Gasteiger charge is 2.02. The van der Waals surface area contributed by atoms with Crippen LogP contribution in [0.3, 0.4) is 0 Å². The van der Waals surface area contributed by atoms with E-state index >= 15 is 0 Å². The third kappa shape index (κ3) is 2.56. The van der Waals surface area contributed by atoms with E-state index in [1.54, 1.807) is 0 Å². The van der Waals surface area contributed by atoms with Crippen LogP contribution in [0.2, 0.25) is 0 Å². The molecule has 0 heterocycles. The molecule has 1 amide bonds. The Kier molecular flexibility index (Phi) is 3.24. The Labute approximate surface area is 89.1 Å². The standard InChI is InChI=1S/C9H8BrNO3/c1-5(12)11-8-3-2-6(9(13)14)4-7(8)10/h2-4H,1H3,(H,11,12)(H,13,14)/p-1. The molecule has 1 aromatic carbocycles. The van der Waals surface area contributed by atoms with Crippen LogP contribution in [0.4, 0.5) is 5.69 Å². The van der Waals surface area contributed by atoms with Crippen molar-refractivity contribution in [3.8, 4) is 0 Å². The lowest BCUT2D eigenvalue weighted by Gasteiger charge is -2.07. The Bertz CT molecular complexity index is 390. The van der Waals surface area contributed by atoms with E-state index in [0.29, 0.717) is 10.2 Å². The van der Waals surface area contributed by atoms with Gasteiger partial charge in [0.1, 0.15) is 0 Å². The van der Waals surface area contributed by atoms with Gasteiger partial charge in [0.25, 0.3) is 0 Å². The summed E-state index contributed by atoms with van der Waals surface area (Å²) in [6.45, 7) is 1.37. The van der Waals surface area contributed by atoms with E-state index in [4.69, 9.17) is 0 Å². The van der Waals surface area contributed by atoms with Gasteiger partial charge in [-0.2, -0.15) is 0 Å². The number of nitrogens with one attached hydrogen (secondary N) is 1. The second kappa shape index (κ2) is 4.23. The Morgan fingerprint density at radius 3 is 2.50 bits per heavy atom. The number of benzene rings is 1. The van der Waals surface area contributed by atoms with Crippen molar-refractivity contribution in [2.75, 3.05) is 5.32 Å². The highest BCUT2D eigenvalue weighted by Crippen LogP contribution is 2.23. The average molecular weight is 257 g/mol. The molecule has 0 saturated heterocycles. The molecule has 1 aromatic rings. The SMILES string of the molecule is CC(=O)Nc1ccc(C(=O)[O-])cc1Br. The lowest BCUT2D eigenvalue weighted by Crippen LogP contribution is -2.22. The van der Waals surface area contributed by atoms with Crippen LogP contribution >= 0.6 is 15.9 Å². The molecule has 0 aromatic heterocycles. The van der Waals surface area contributed by atoms with Crippen LogP contribution in [-0.4, -0.2) is 11.9 Å². The minimum absolute atomic E-state index is 0.0611. The predicted octanol–water partition coefficient (Wildman–Crippen LogP) is 0.771. The van der Waals surface area contributed by atoms with Crippen molar-refractivity contribution in [1.29, 1.82) is 0 Å². The first kappa shape index (κ1) is 10.7. The first-order chi connectivity index (χ1) is 6.50. The molecule has 74 valence electrons. The first-order valence-corrected chi connectivity index (χ1v) is 4.58. The molecule has 0 fully saturated rings. The fourth-order valence-corrected chi connectivity index (χ4v) is 1.41. The Morgan fingerprint density at radius 2 is 2.07 bits per heavy atom. The first-order valence-electron chi connectivity index (χ1n) is 3.79. The molecule has 0 radical (unpaired) electrons. The number of carbonyl (C=O) groups excluding carboxylic acids is 2. The summed E-state index contributed by atoms with van der Waals surface area (Å²) in [4.78, 5) is 21.2. The minimum atomic E-state index is -1.25. The van der Waals surface area contributed by atoms with E-state index in [-0.39, 0.29) is 11.5 Å². The lowest BCUT2D eigenvalue weighted by atomic mass is 10.2. The number of carboxylic acid groups (broad SMARTS) is 1. The van der Waals surface area contributed by atoms with Crippen molar-refractivity contribution >= 4 is 33.5 Å². The summed E-state index contributed by atoms with van der Waals surface area (Å²) >= 11 is 3.14. The smallest absolute Gasteiger partial charge is 0.221 e. The number of hydrogen-bond donors (Lipinski definition) is 1. The van der Waals surface area contributed by atoms with Gasteiger partial charge in [-0.05, 0) is 33.6 Å². The Balaban J connectivity index is 3.01. The molecule has 4 nitrogen and oxygen atoms in total. The van der Waals surface area contributed by atoms with Gasteiger partial charge in [0.2, 0.25) is 5.91 Å².